The smallest absolute Gasteiger partial charge is 0.257 e. The number of rotatable bonds is 3. The number of halogens is 1. The lowest BCUT2D eigenvalue weighted by molar-refractivity contribution is 0.0792. The minimum atomic E-state index is -0.163. The maximum Gasteiger partial charge on any atom is 0.257 e. The Labute approximate surface area is 191 Å². The van der Waals surface area contributed by atoms with Crippen LogP contribution >= 0.6 is 27.3 Å². The number of amides is 2. The molecular formula is C24H29BrN2O2S. The van der Waals surface area contributed by atoms with Gasteiger partial charge >= 0.3 is 0 Å². The van der Waals surface area contributed by atoms with Crippen LogP contribution in [0.25, 0.3) is 0 Å². The van der Waals surface area contributed by atoms with E-state index in [0.717, 1.165) is 60.2 Å². The van der Waals surface area contributed by atoms with Gasteiger partial charge in [0, 0.05) is 28.0 Å². The van der Waals surface area contributed by atoms with Gasteiger partial charge in [-0.3, -0.25) is 9.59 Å². The van der Waals surface area contributed by atoms with E-state index < -0.39 is 0 Å². The Morgan fingerprint density at radius 1 is 1.13 bits per heavy atom. The van der Waals surface area contributed by atoms with Crippen molar-refractivity contribution in [1.29, 1.82) is 0 Å². The van der Waals surface area contributed by atoms with Gasteiger partial charge in [0.2, 0.25) is 0 Å². The molecule has 4 nitrogen and oxygen atoms in total. The van der Waals surface area contributed by atoms with E-state index in [1.807, 2.05) is 17.0 Å². The third kappa shape index (κ3) is 4.35. The van der Waals surface area contributed by atoms with Crippen LogP contribution in [0.3, 0.4) is 0 Å². The molecule has 1 aromatic carbocycles. The van der Waals surface area contributed by atoms with E-state index in [4.69, 9.17) is 0 Å². The molecule has 2 heterocycles. The van der Waals surface area contributed by atoms with E-state index >= 15 is 0 Å². The number of thiophene rings is 1. The molecule has 1 saturated heterocycles. The molecule has 1 fully saturated rings. The van der Waals surface area contributed by atoms with E-state index in [1.54, 1.807) is 23.5 Å². The highest BCUT2D eigenvalue weighted by Gasteiger charge is 2.35. The summed E-state index contributed by atoms with van der Waals surface area (Å²) in [7, 11) is 0. The van der Waals surface area contributed by atoms with Crippen LogP contribution in [-0.2, 0) is 12.8 Å². The number of fused-ring (bicyclic) bond motifs is 1. The van der Waals surface area contributed by atoms with Crippen molar-refractivity contribution >= 4 is 44.1 Å². The van der Waals surface area contributed by atoms with Crippen LogP contribution in [0, 0.1) is 11.3 Å². The molecular weight excluding hydrogens is 460 g/mol. The van der Waals surface area contributed by atoms with Crippen LogP contribution in [0.15, 0.2) is 28.7 Å². The van der Waals surface area contributed by atoms with E-state index in [1.165, 1.54) is 10.4 Å². The number of nitrogens with zero attached hydrogens (tertiary/aromatic N) is 1. The van der Waals surface area contributed by atoms with Gasteiger partial charge in [-0.15, -0.1) is 11.3 Å². The fraction of sp³-hybridized carbons (Fsp3) is 0.500. The molecule has 1 N–H and O–H groups in total. The molecule has 30 heavy (non-hydrogen) atoms. The number of anilines is 1. The Balaban J connectivity index is 1.68. The van der Waals surface area contributed by atoms with Crippen molar-refractivity contribution in [1.82, 2.24) is 4.90 Å². The standard InChI is InChI=1S/C24H29BrN2O2S/c1-24(2,3)16-8-11-18-19(14-16)30-22(20(18)23(29)27-12-4-5-13-27)26-21(28)15-6-9-17(25)10-7-15/h6-7,9-10,16H,4-5,8,11-14H2,1-3H3,(H,26,28). The number of hydrogen-bond donors (Lipinski definition) is 1. The van der Waals surface area contributed by atoms with Crippen LogP contribution in [0.2, 0.25) is 0 Å². The summed E-state index contributed by atoms with van der Waals surface area (Å²) in [4.78, 5) is 29.6. The highest BCUT2D eigenvalue weighted by molar-refractivity contribution is 9.10. The van der Waals surface area contributed by atoms with E-state index in [9.17, 15) is 9.59 Å². The number of carbonyl (C=O) groups is 2. The number of nitrogens with one attached hydrogen (secondary N) is 1. The molecule has 160 valence electrons. The number of carbonyl (C=O) groups excluding carboxylic acids is 2. The van der Waals surface area contributed by atoms with Crippen LogP contribution in [0.4, 0.5) is 5.00 Å². The molecule has 4 rings (SSSR count). The molecule has 2 amide bonds. The second-order valence-corrected chi connectivity index (χ2v) is 11.5. The first kappa shape index (κ1) is 21.6. The van der Waals surface area contributed by atoms with Crippen molar-refractivity contribution < 1.29 is 9.59 Å². The molecule has 1 aliphatic heterocycles. The third-order valence-corrected chi connectivity index (χ3v) is 8.13. The summed E-state index contributed by atoms with van der Waals surface area (Å²) >= 11 is 5.02. The summed E-state index contributed by atoms with van der Waals surface area (Å²) in [5.74, 6) is 0.516. The van der Waals surface area contributed by atoms with Crippen molar-refractivity contribution in [2.24, 2.45) is 11.3 Å². The Bertz CT molecular complexity index is 953. The zero-order valence-electron chi connectivity index (χ0n) is 17.9. The van der Waals surface area contributed by atoms with E-state index in [2.05, 4.69) is 42.0 Å². The zero-order valence-corrected chi connectivity index (χ0v) is 20.3. The van der Waals surface area contributed by atoms with Gasteiger partial charge in [0.1, 0.15) is 5.00 Å². The first-order chi connectivity index (χ1) is 14.2. The first-order valence-corrected chi connectivity index (χ1v) is 12.4. The Kier molecular flexibility index (Phi) is 6.08. The van der Waals surface area contributed by atoms with Crippen LogP contribution < -0.4 is 5.32 Å². The molecule has 6 heteroatoms. The van der Waals surface area contributed by atoms with E-state index in [0.29, 0.717) is 11.5 Å². The van der Waals surface area contributed by atoms with E-state index in [-0.39, 0.29) is 17.2 Å². The quantitative estimate of drug-likeness (QED) is 0.562. The fourth-order valence-corrected chi connectivity index (χ4v) is 6.07. The summed E-state index contributed by atoms with van der Waals surface area (Å²) in [5, 5.41) is 3.80. The maximum absolute atomic E-state index is 13.4. The average Bonchev–Trinajstić information content (AvgIpc) is 3.34. The molecule has 2 aliphatic rings. The van der Waals surface area contributed by atoms with Gasteiger partial charge in [0.25, 0.3) is 11.8 Å². The molecule has 1 aromatic heterocycles. The maximum atomic E-state index is 13.4. The summed E-state index contributed by atoms with van der Waals surface area (Å²) in [6.07, 6.45) is 5.11. The second kappa shape index (κ2) is 8.46. The van der Waals surface area contributed by atoms with Gasteiger partial charge in [-0.1, -0.05) is 36.7 Å². The minimum absolute atomic E-state index is 0.0883. The fourth-order valence-electron chi connectivity index (χ4n) is 4.49. The second-order valence-electron chi connectivity index (χ2n) is 9.47. The molecule has 0 bridgehead atoms. The summed E-state index contributed by atoms with van der Waals surface area (Å²) in [5.41, 5.74) is 2.75. The predicted molar refractivity (Wildman–Crippen MR) is 127 cm³/mol. The highest BCUT2D eigenvalue weighted by atomic mass is 79.9. The molecule has 2 aromatic rings. The van der Waals surface area contributed by atoms with Crippen molar-refractivity contribution in [3.8, 4) is 0 Å². The monoisotopic (exact) mass is 488 g/mol. The SMILES string of the molecule is CC(C)(C)C1CCc2c(sc(NC(=O)c3ccc(Br)cc3)c2C(=O)N2CCCC2)C1. The Hall–Kier alpha value is -1.66. The largest absolute Gasteiger partial charge is 0.339 e. The van der Waals surface area contributed by atoms with Crippen molar-refractivity contribution in [2.45, 2.75) is 52.9 Å². The van der Waals surface area contributed by atoms with Crippen LogP contribution in [0.1, 0.15) is 71.2 Å². The van der Waals surface area contributed by atoms with Gasteiger partial charge in [0.15, 0.2) is 0 Å². The zero-order chi connectivity index (χ0) is 21.5. The van der Waals surface area contributed by atoms with Gasteiger partial charge in [-0.2, -0.15) is 0 Å². The lowest BCUT2D eigenvalue weighted by Gasteiger charge is -2.34. The molecule has 0 spiro atoms. The number of hydrogen-bond acceptors (Lipinski definition) is 3. The first-order valence-electron chi connectivity index (χ1n) is 10.7. The Morgan fingerprint density at radius 3 is 2.43 bits per heavy atom. The predicted octanol–water partition coefficient (Wildman–Crippen LogP) is 6.15. The highest BCUT2D eigenvalue weighted by Crippen LogP contribution is 2.45. The Morgan fingerprint density at radius 2 is 1.80 bits per heavy atom. The number of benzene rings is 1. The van der Waals surface area contributed by atoms with Crippen molar-refractivity contribution in [2.75, 3.05) is 18.4 Å². The summed E-state index contributed by atoms with van der Waals surface area (Å²) in [6, 6.07) is 7.31. The number of likely N-dealkylation sites (tertiary alicyclic amines) is 1. The summed E-state index contributed by atoms with van der Waals surface area (Å²) in [6.45, 7) is 8.51. The lowest BCUT2D eigenvalue weighted by atomic mass is 9.72. The van der Waals surface area contributed by atoms with Gasteiger partial charge in [-0.05, 0) is 73.3 Å². The van der Waals surface area contributed by atoms with Crippen LogP contribution in [-0.4, -0.2) is 29.8 Å². The van der Waals surface area contributed by atoms with Crippen LogP contribution in [0.5, 0.6) is 0 Å². The molecule has 0 saturated carbocycles. The topological polar surface area (TPSA) is 49.4 Å². The van der Waals surface area contributed by atoms with Gasteiger partial charge in [-0.25, -0.2) is 0 Å². The van der Waals surface area contributed by atoms with Gasteiger partial charge < -0.3 is 10.2 Å². The van der Waals surface area contributed by atoms with Crippen molar-refractivity contribution in [3.05, 3.63) is 50.3 Å². The minimum Gasteiger partial charge on any atom is -0.339 e. The molecule has 1 unspecified atom stereocenters. The lowest BCUT2D eigenvalue weighted by Crippen LogP contribution is -2.30. The average molecular weight is 489 g/mol. The molecule has 0 radical (unpaired) electrons. The molecule has 1 aliphatic carbocycles. The third-order valence-electron chi connectivity index (χ3n) is 6.43. The molecule has 1 atom stereocenters. The van der Waals surface area contributed by atoms with Crippen molar-refractivity contribution in [3.63, 3.8) is 0 Å². The van der Waals surface area contributed by atoms with Gasteiger partial charge in [0.05, 0.1) is 5.56 Å². The summed E-state index contributed by atoms with van der Waals surface area (Å²) < 4.78 is 0.934. The normalized spacial score (nSPS) is 18.9.